The number of β-amino-alcohol motifs (C(OH)–C–C–N with tert-alkyl or cyclic N) is 1. The van der Waals surface area contributed by atoms with Crippen molar-refractivity contribution >= 4 is 5.97 Å². The first kappa shape index (κ1) is 14.0. The molecule has 0 aliphatic carbocycles. The number of rotatable bonds is 3. The molecule has 4 nitrogen and oxygen atoms in total. The van der Waals surface area contributed by atoms with Crippen LogP contribution in [0.5, 0.6) is 0 Å². The predicted molar refractivity (Wildman–Crippen MR) is 72.8 cm³/mol. The van der Waals surface area contributed by atoms with Gasteiger partial charge >= 0.3 is 5.97 Å². The summed E-state index contributed by atoms with van der Waals surface area (Å²) in [6.45, 7) is 4.36. The van der Waals surface area contributed by atoms with Crippen molar-refractivity contribution < 1.29 is 14.6 Å². The van der Waals surface area contributed by atoms with Crippen molar-refractivity contribution in [2.24, 2.45) is 5.92 Å². The molecule has 0 amide bonds. The van der Waals surface area contributed by atoms with Crippen LogP contribution in [0.1, 0.15) is 29.3 Å². The summed E-state index contributed by atoms with van der Waals surface area (Å²) < 4.78 is 4.80. The smallest absolute Gasteiger partial charge is 0.338 e. The van der Waals surface area contributed by atoms with Crippen molar-refractivity contribution in [3.8, 4) is 0 Å². The molecule has 19 heavy (non-hydrogen) atoms. The molecule has 0 aromatic heterocycles. The van der Waals surface area contributed by atoms with Crippen LogP contribution in [-0.4, -0.2) is 42.3 Å². The summed E-state index contributed by atoms with van der Waals surface area (Å²) in [5, 5.41) is 9.92. The van der Waals surface area contributed by atoms with Crippen molar-refractivity contribution in [3.05, 3.63) is 35.4 Å². The highest BCUT2D eigenvalue weighted by Gasteiger charge is 2.25. The second kappa shape index (κ2) is 6.17. The van der Waals surface area contributed by atoms with Crippen molar-refractivity contribution in [3.63, 3.8) is 0 Å². The second-order valence-corrected chi connectivity index (χ2v) is 5.22. The third-order valence-electron chi connectivity index (χ3n) is 3.82. The van der Waals surface area contributed by atoms with E-state index in [0.717, 1.165) is 18.5 Å². The van der Waals surface area contributed by atoms with Gasteiger partial charge in [-0.15, -0.1) is 0 Å². The molecule has 1 saturated heterocycles. The fourth-order valence-electron chi connectivity index (χ4n) is 2.47. The molecule has 0 unspecified atom stereocenters. The molecule has 4 heteroatoms. The zero-order valence-electron chi connectivity index (χ0n) is 11.5. The summed E-state index contributed by atoms with van der Waals surface area (Å²) in [6, 6.07) is 7.48. The molecule has 1 aromatic carbocycles. The van der Waals surface area contributed by atoms with Gasteiger partial charge in [-0.3, -0.25) is 4.90 Å². The molecule has 0 saturated carbocycles. The van der Waals surface area contributed by atoms with Gasteiger partial charge in [-0.25, -0.2) is 4.79 Å². The fraction of sp³-hybridized carbons (Fsp3) is 0.533. The van der Waals surface area contributed by atoms with Gasteiger partial charge in [0.1, 0.15) is 0 Å². The molecular weight excluding hydrogens is 242 g/mol. The van der Waals surface area contributed by atoms with E-state index in [1.807, 2.05) is 18.2 Å². The van der Waals surface area contributed by atoms with Gasteiger partial charge in [0.15, 0.2) is 0 Å². The number of aliphatic hydroxyl groups excluding tert-OH is 1. The Hall–Kier alpha value is -1.39. The number of aliphatic hydroxyl groups is 1. The van der Waals surface area contributed by atoms with Gasteiger partial charge in [0.05, 0.1) is 18.8 Å². The van der Waals surface area contributed by atoms with Gasteiger partial charge in [0, 0.05) is 13.1 Å². The summed E-state index contributed by atoms with van der Waals surface area (Å²) in [5.74, 6) is 0.0497. The van der Waals surface area contributed by atoms with Gasteiger partial charge in [-0.05, 0) is 30.5 Å². The lowest BCUT2D eigenvalue weighted by Crippen LogP contribution is -2.42. The number of methoxy groups -OCH3 is 1. The number of benzene rings is 1. The van der Waals surface area contributed by atoms with Crippen molar-refractivity contribution in [2.45, 2.75) is 26.0 Å². The quantitative estimate of drug-likeness (QED) is 0.843. The standard InChI is InChI=1S/C15H21NO3/c1-11-7-8-16(10-14(11)17)9-12-5-3-4-6-13(12)15(18)19-2/h3-6,11,14,17H,7-10H2,1-2H3/t11-,14-/m0/s1. The van der Waals surface area contributed by atoms with E-state index in [2.05, 4.69) is 11.8 Å². The van der Waals surface area contributed by atoms with E-state index in [1.165, 1.54) is 7.11 Å². The van der Waals surface area contributed by atoms with Gasteiger partial charge < -0.3 is 9.84 Å². The second-order valence-electron chi connectivity index (χ2n) is 5.22. The summed E-state index contributed by atoms with van der Waals surface area (Å²) >= 11 is 0. The molecule has 1 heterocycles. The lowest BCUT2D eigenvalue weighted by atomic mass is 9.95. The minimum atomic E-state index is -0.304. The Kier molecular flexibility index (Phi) is 4.56. The maximum Gasteiger partial charge on any atom is 0.338 e. The van der Waals surface area contributed by atoms with Crippen LogP contribution in [0, 0.1) is 5.92 Å². The topological polar surface area (TPSA) is 49.8 Å². The van der Waals surface area contributed by atoms with Crippen LogP contribution < -0.4 is 0 Å². The summed E-state index contributed by atoms with van der Waals surface area (Å²) in [4.78, 5) is 13.9. The number of likely N-dealkylation sites (tertiary alicyclic amines) is 1. The molecule has 1 N–H and O–H groups in total. The Morgan fingerprint density at radius 1 is 1.47 bits per heavy atom. The Labute approximate surface area is 114 Å². The van der Waals surface area contributed by atoms with E-state index in [1.54, 1.807) is 6.07 Å². The highest BCUT2D eigenvalue weighted by atomic mass is 16.5. The number of esters is 1. The van der Waals surface area contributed by atoms with Crippen molar-refractivity contribution in [1.29, 1.82) is 0 Å². The monoisotopic (exact) mass is 263 g/mol. The van der Waals surface area contributed by atoms with Crippen molar-refractivity contribution in [2.75, 3.05) is 20.2 Å². The van der Waals surface area contributed by atoms with Gasteiger partial charge in [-0.2, -0.15) is 0 Å². The first-order valence-electron chi connectivity index (χ1n) is 6.68. The lowest BCUT2D eigenvalue weighted by Gasteiger charge is -2.34. The molecule has 1 aliphatic rings. The number of carbonyl (C=O) groups excluding carboxylic acids is 1. The minimum absolute atomic E-state index is 0.279. The van der Waals surface area contributed by atoms with E-state index in [-0.39, 0.29) is 12.1 Å². The van der Waals surface area contributed by atoms with E-state index in [4.69, 9.17) is 4.74 Å². The maximum absolute atomic E-state index is 11.7. The number of hydrogen-bond donors (Lipinski definition) is 1. The summed E-state index contributed by atoms with van der Waals surface area (Å²) in [6.07, 6.45) is 0.709. The first-order chi connectivity index (χ1) is 9.11. The zero-order chi connectivity index (χ0) is 13.8. The van der Waals surface area contributed by atoms with E-state index in [9.17, 15) is 9.90 Å². The predicted octanol–water partition coefficient (Wildman–Crippen LogP) is 1.68. The van der Waals surface area contributed by atoms with Gasteiger partial charge in [-0.1, -0.05) is 25.1 Å². The molecule has 2 atom stereocenters. The third-order valence-corrected chi connectivity index (χ3v) is 3.82. The lowest BCUT2D eigenvalue weighted by molar-refractivity contribution is 0.0257. The van der Waals surface area contributed by atoms with Crippen molar-refractivity contribution in [1.82, 2.24) is 4.90 Å². The molecule has 104 valence electrons. The Bertz CT molecular complexity index is 447. The SMILES string of the molecule is COC(=O)c1ccccc1CN1CC[C@H](C)[C@@H](O)C1. The van der Waals surface area contributed by atoms with Crippen LogP contribution in [-0.2, 0) is 11.3 Å². The van der Waals surface area contributed by atoms with Crippen LogP contribution in [0.25, 0.3) is 0 Å². The highest BCUT2D eigenvalue weighted by molar-refractivity contribution is 5.90. The largest absolute Gasteiger partial charge is 0.465 e. The normalized spacial score (nSPS) is 24.2. The number of piperidine rings is 1. The molecule has 1 fully saturated rings. The van der Waals surface area contributed by atoms with E-state index >= 15 is 0 Å². The van der Waals surface area contributed by atoms with Crippen LogP contribution in [0.3, 0.4) is 0 Å². The highest BCUT2D eigenvalue weighted by Crippen LogP contribution is 2.20. The molecule has 2 rings (SSSR count). The average Bonchev–Trinajstić information content (AvgIpc) is 2.43. The molecule has 0 radical (unpaired) electrons. The molecule has 1 aromatic rings. The average molecular weight is 263 g/mol. The maximum atomic E-state index is 11.7. The third kappa shape index (κ3) is 3.33. The first-order valence-corrected chi connectivity index (χ1v) is 6.68. The number of carbonyl (C=O) groups is 1. The number of ether oxygens (including phenoxy) is 1. The minimum Gasteiger partial charge on any atom is -0.465 e. The molecule has 0 spiro atoms. The van der Waals surface area contributed by atoms with E-state index < -0.39 is 0 Å². The van der Waals surface area contributed by atoms with Crippen LogP contribution >= 0.6 is 0 Å². The van der Waals surface area contributed by atoms with Crippen LogP contribution in [0.2, 0.25) is 0 Å². The zero-order valence-corrected chi connectivity index (χ0v) is 11.5. The number of hydrogen-bond acceptors (Lipinski definition) is 4. The summed E-state index contributed by atoms with van der Waals surface area (Å²) in [7, 11) is 1.39. The fourth-order valence-corrected chi connectivity index (χ4v) is 2.47. The Morgan fingerprint density at radius 2 is 2.21 bits per heavy atom. The summed E-state index contributed by atoms with van der Waals surface area (Å²) in [5.41, 5.74) is 1.56. The van der Waals surface area contributed by atoms with Crippen LogP contribution in [0.15, 0.2) is 24.3 Å². The van der Waals surface area contributed by atoms with Gasteiger partial charge in [0.2, 0.25) is 0 Å². The molecule has 0 bridgehead atoms. The Morgan fingerprint density at radius 3 is 2.89 bits per heavy atom. The van der Waals surface area contributed by atoms with Gasteiger partial charge in [0.25, 0.3) is 0 Å². The molecular formula is C15H21NO3. The van der Waals surface area contributed by atoms with E-state index in [0.29, 0.717) is 24.6 Å². The van der Waals surface area contributed by atoms with Crippen LogP contribution in [0.4, 0.5) is 0 Å². The number of nitrogens with zero attached hydrogens (tertiary/aromatic N) is 1. The molecule has 1 aliphatic heterocycles. The Balaban J connectivity index is 2.09.